The van der Waals surface area contributed by atoms with Gasteiger partial charge in [-0.05, 0) is 0 Å². The Hall–Kier alpha value is -0.130. The molecule has 0 aliphatic carbocycles. The summed E-state index contributed by atoms with van der Waals surface area (Å²) in [5, 5.41) is 0. The molecule has 0 spiro atoms. The van der Waals surface area contributed by atoms with Crippen molar-refractivity contribution in [3.05, 3.63) is 0 Å². The van der Waals surface area contributed by atoms with Crippen LogP contribution in [0.5, 0.6) is 0 Å². The largest absolute Gasteiger partial charge is 0.398 e. The van der Waals surface area contributed by atoms with Crippen molar-refractivity contribution in [1.29, 1.82) is 0 Å². The molecule has 0 bridgehead atoms. The molecule has 4 heteroatoms. The second-order valence-electron chi connectivity index (χ2n) is 0.329. The highest BCUT2D eigenvalue weighted by Crippen LogP contribution is 1.40. The number of hydrogen-bond donors (Lipinski definition) is 0. The summed E-state index contributed by atoms with van der Waals surface area (Å²) in [5.41, 5.74) is 0. The van der Waals surface area contributed by atoms with E-state index in [0.717, 1.165) is 0 Å². The van der Waals surface area contributed by atoms with Gasteiger partial charge in [-0.3, -0.25) is 9.59 Å². The fraction of sp³-hybridized carbons (Fsp3) is 0. The van der Waals surface area contributed by atoms with E-state index in [1.54, 1.807) is 0 Å². The highest BCUT2D eigenvalue weighted by Gasteiger charge is 1.58. The van der Waals surface area contributed by atoms with Gasteiger partial charge in [0.25, 0.3) is 0 Å². The molecular weight excluding hydrogens is 199 g/mol. The summed E-state index contributed by atoms with van der Waals surface area (Å²) < 4.78 is 3.47. The maximum absolute atomic E-state index is 8.95. The van der Waals surface area contributed by atoms with Crippen LogP contribution in [0.2, 0.25) is 0 Å². The Balaban J connectivity index is 0. The van der Waals surface area contributed by atoms with E-state index in [-0.39, 0.29) is 36.9 Å². The minimum absolute atomic E-state index is 0. The first kappa shape index (κ1) is 9.30. The van der Waals surface area contributed by atoms with Gasteiger partial charge in [0.05, 0.1) is 0 Å². The molecule has 0 saturated carbocycles. The third-order valence-electron chi connectivity index (χ3n) is 0.111. The van der Waals surface area contributed by atoms with E-state index in [1.165, 1.54) is 0 Å². The average molecular weight is 202 g/mol. The first-order valence-electron chi connectivity index (χ1n) is 0.943. The molecule has 36 valence electrons. The molecule has 3 nitrogen and oxygen atoms in total. The lowest BCUT2D eigenvalue weighted by Gasteiger charge is -1.65. The van der Waals surface area contributed by atoms with Crippen LogP contribution in [-0.4, -0.2) is 12.9 Å². The molecule has 0 atom stereocenters. The van der Waals surface area contributed by atoms with Crippen LogP contribution in [0.3, 0.4) is 0 Å². The normalized spacial score (nSPS) is 4.67. The van der Waals surface area contributed by atoms with Gasteiger partial charge in [-0.15, -0.1) is 24.0 Å². The topological polar surface area (TPSA) is 43.4 Å². The van der Waals surface area contributed by atoms with Gasteiger partial charge in [0.15, 0.2) is 0 Å². The van der Waals surface area contributed by atoms with Crippen molar-refractivity contribution in [2.24, 2.45) is 0 Å². The van der Waals surface area contributed by atoms with Crippen LogP contribution in [0.15, 0.2) is 0 Å². The molecule has 0 unspecified atom stereocenters. The smallest absolute Gasteiger partial charge is 0.300 e. The lowest BCUT2D eigenvalue weighted by atomic mass is 11.5. The van der Waals surface area contributed by atoms with Crippen LogP contribution < -0.4 is 0 Å². The van der Waals surface area contributed by atoms with Crippen LogP contribution in [0.4, 0.5) is 0 Å². The maximum atomic E-state index is 8.95. The van der Waals surface area contributed by atoms with Gasteiger partial charge in [0.1, 0.15) is 0 Å². The Labute approximate surface area is 51.7 Å². The van der Waals surface area contributed by atoms with Gasteiger partial charge in [-0.2, -0.15) is 0 Å². The molecule has 0 radical (unpaired) electrons. The van der Waals surface area contributed by atoms with Crippen molar-refractivity contribution in [3.8, 4) is 0 Å². The quantitative estimate of drug-likeness (QED) is 0.357. The van der Waals surface area contributed by atoms with Crippen LogP contribution >= 0.6 is 24.0 Å². The lowest BCUT2D eigenvalue weighted by molar-refractivity contribution is -0.141. The molecule has 0 N–H and O–H groups in total. The summed E-state index contributed by atoms with van der Waals surface area (Å²) in [6.07, 6.45) is 0. The van der Waals surface area contributed by atoms with Gasteiger partial charge < -0.3 is 4.74 Å². The van der Waals surface area contributed by atoms with E-state index < -0.39 is 0 Å². The fourth-order valence-electron chi connectivity index (χ4n) is 0.0227. The van der Waals surface area contributed by atoms with Crippen molar-refractivity contribution in [2.75, 3.05) is 0 Å². The van der Waals surface area contributed by atoms with Gasteiger partial charge in [0, 0.05) is 0 Å². The SMILES string of the molecule is I.O=COC=O. The highest BCUT2D eigenvalue weighted by molar-refractivity contribution is 14.0. The summed E-state index contributed by atoms with van der Waals surface area (Å²) >= 11 is 0. The number of ether oxygens (including phenoxy) is 1. The minimum Gasteiger partial charge on any atom is -0.398 e. The van der Waals surface area contributed by atoms with Gasteiger partial charge in [-0.1, -0.05) is 0 Å². The molecule has 0 rings (SSSR count). The third-order valence-corrected chi connectivity index (χ3v) is 0.111. The number of halogens is 1. The second-order valence-corrected chi connectivity index (χ2v) is 0.329. The predicted octanol–water partition coefficient (Wildman–Crippen LogP) is -0.0662. The second kappa shape index (κ2) is 8.85. The Morgan fingerprint density at radius 1 is 1.17 bits per heavy atom. The third kappa shape index (κ3) is 9.12. The maximum Gasteiger partial charge on any atom is 0.300 e. The zero-order valence-corrected chi connectivity index (χ0v) is 5.12. The first-order chi connectivity index (χ1) is 2.41. The zero-order chi connectivity index (χ0) is 4.12. The summed E-state index contributed by atoms with van der Waals surface area (Å²) in [6.45, 7) is 0.125. The summed E-state index contributed by atoms with van der Waals surface area (Å²) in [7, 11) is 0. The van der Waals surface area contributed by atoms with E-state index in [1.807, 2.05) is 0 Å². The minimum atomic E-state index is 0. The average Bonchev–Trinajstić information content (AvgIpc) is 1.41. The summed E-state index contributed by atoms with van der Waals surface area (Å²) in [5.74, 6) is 0. The van der Waals surface area contributed by atoms with E-state index in [9.17, 15) is 0 Å². The lowest BCUT2D eigenvalue weighted by Crippen LogP contribution is -1.77. The summed E-state index contributed by atoms with van der Waals surface area (Å²) in [6, 6.07) is 0. The molecule has 0 saturated heterocycles. The van der Waals surface area contributed by atoms with E-state index in [2.05, 4.69) is 4.74 Å². The summed E-state index contributed by atoms with van der Waals surface area (Å²) in [4.78, 5) is 17.9. The Morgan fingerprint density at radius 2 is 1.50 bits per heavy atom. The van der Waals surface area contributed by atoms with E-state index in [4.69, 9.17) is 9.59 Å². The van der Waals surface area contributed by atoms with Crippen LogP contribution in [0.25, 0.3) is 0 Å². The number of rotatable bonds is 2. The zero-order valence-electron chi connectivity index (χ0n) is 2.79. The molecule has 0 aliphatic heterocycles. The Bertz CT molecular complexity index is 38.1. The first-order valence-corrected chi connectivity index (χ1v) is 0.943. The molecule has 0 aliphatic rings. The van der Waals surface area contributed by atoms with Crippen LogP contribution in [0, 0.1) is 0 Å². The molecular formula is C2H3IO3. The number of carbonyl (C=O) groups is 2. The van der Waals surface area contributed by atoms with E-state index in [0.29, 0.717) is 0 Å². The molecule has 0 heterocycles. The molecule has 0 aromatic rings. The monoisotopic (exact) mass is 202 g/mol. The molecule has 0 fully saturated rings. The van der Waals surface area contributed by atoms with Crippen molar-refractivity contribution in [3.63, 3.8) is 0 Å². The highest BCUT2D eigenvalue weighted by atomic mass is 127. The van der Waals surface area contributed by atoms with Crippen molar-refractivity contribution in [2.45, 2.75) is 0 Å². The molecule has 6 heavy (non-hydrogen) atoms. The Kier molecular flexibility index (Phi) is 13.7. The van der Waals surface area contributed by atoms with Gasteiger partial charge >= 0.3 is 12.9 Å². The van der Waals surface area contributed by atoms with Crippen molar-refractivity contribution >= 4 is 36.9 Å². The number of hydrogen-bond acceptors (Lipinski definition) is 3. The predicted molar refractivity (Wildman–Crippen MR) is 28.6 cm³/mol. The van der Waals surface area contributed by atoms with E-state index >= 15 is 0 Å². The standard InChI is InChI=1S/C2H2O3.HI/c3-1-5-2-4;/h1-2H;1H. The molecule has 0 aromatic carbocycles. The molecule has 0 aromatic heterocycles. The van der Waals surface area contributed by atoms with Crippen LogP contribution in [-0.2, 0) is 14.3 Å². The van der Waals surface area contributed by atoms with Crippen molar-refractivity contribution < 1.29 is 14.3 Å². The van der Waals surface area contributed by atoms with Crippen LogP contribution in [0.1, 0.15) is 0 Å². The van der Waals surface area contributed by atoms with Gasteiger partial charge in [-0.25, -0.2) is 0 Å². The fourth-order valence-corrected chi connectivity index (χ4v) is 0.0227. The Morgan fingerprint density at radius 3 is 1.50 bits per heavy atom. The molecule has 0 amide bonds. The number of carbonyl (C=O) groups excluding carboxylic acids is 2. The van der Waals surface area contributed by atoms with Gasteiger partial charge in [0.2, 0.25) is 0 Å². The van der Waals surface area contributed by atoms with Crippen molar-refractivity contribution in [1.82, 2.24) is 0 Å².